The highest BCUT2D eigenvalue weighted by atomic mass is 16.6. The molecule has 1 saturated heterocycles. The van der Waals surface area contributed by atoms with Crippen LogP contribution in [0.4, 0.5) is 11.4 Å². The van der Waals surface area contributed by atoms with E-state index >= 15 is 0 Å². The zero-order valence-corrected chi connectivity index (χ0v) is 11.7. The van der Waals surface area contributed by atoms with E-state index in [9.17, 15) is 14.9 Å². The average Bonchev–Trinajstić information content (AvgIpc) is 2.46. The molecule has 0 saturated carbocycles. The zero-order chi connectivity index (χ0) is 15.5. The van der Waals surface area contributed by atoms with E-state index in [1.165, 1.54) is 18.2 Å². The second kappa shape index (κ2) is 6.06. The van der Waals surface area contributed by atoms with Crippen LogP contribution >= 0.6 is 0 Å². The minimum absolute atomic E-state index is 0.0951. The molecule has 2 rings (SSSR count). The number of amides is 1. The minimum atomic E-state index is -0.562. The second-order valence-electron chi connectivity index (χ2n) is 5.30. The largest absolute Gasteiger partial charge is 0.379 e. The van der Waals surface area contributed by atoms with Gasteiger partial charge in [0.05, 0.1) is 17.1 Å². The van der Waals surface area contributed by atoms with Gasteiger partial charge in [0.1, 0.15) is 5.69 Å². The van der Waals surface area contributed by atoms with Gasteiger partial charge in [0, 0.05) is 18.2 Å². The summed E-state index contributed by atoms with van der Waals surface area (Å²) in [6.07, 6.45) is 1.71. The predicted molar refractivity (Wildman–Crippen MR) is 76.8 cm³/mol. The molecule has 1 heterocycles. The van der Waals surface area contributed by atoms with E-state index in [0.717, 1.165) is 12.8 Å². The molecule has 1 unspecified atom stereocenters. The smallest absolute Gasteiger partial charge is 0.293 e. The molecular formula is C13H18N4O4. The van der Waals surface area contributed by atoms with Crippen LogP contribution in [0, 0.1) is 10.1 Å². The van der Waals surface area contributed by atoms with Gasteiger partial charge in [-0.05, 0) is 31.9 Å². The SMILES string of the molecule is CC1(NC(=O)c2ccc([N+](=O)[O-])c(NN)c2)CCCOC1. The van der Waals surface area contributed by atoms with Crippen LogP contribution in [0.15, 0.2) is 18.2 Å². The number of rotatable bonds is 4. The highest BCUT2D eigenvalue weighted by Crippen LogP contribution is 2.25. The number of nitrogens with one attached hydrogen (secondary N) is 2. The number of hydrazine groups is 1. The number of hydrogen-bond donors (Lipinski definition) is 3. The maximum atomic E-state index is 12.3. The summed E-state index contributed by atoms with van der Waals surface area (Å²) < 4.78 is 5.38. The molecule has 0 aromatic heterocycles. The van der Waals surface area contributed by atoms with Gasteiger partial charge in [0.15, 0.2) is 0 Å². The van der Waals surface area contributed by atoms with Crippen molar-refractivity contribution in [3.63, 3.8) is 0 Å². The highest BCUT2D eigenvalue weighted by molar-refractivity contribution is 5.96. The Morgan fingerprint density at radius 2 is 2.29 bits per heavy atom. The van der Waals surface area contributed by atoms with Crippen molar-refractivity contribution < 1.29 is 14.5 Å². The molecule has 8 heteroatoms. The van der Waals surface area contributed by atoms with Crippen molar-refractivity contribution in [2.75, 3.05) is 18.6 Å². The normalized spacial score (nSPS) is 21.6. The van der Waals surface area contributed by atoms with Crippen molar-refractivity contribution in [2.45, 2.75) is 25.3 Å². The first-order chi connectivity index (χ1) is 9.95. The molecule has 114 valence electrons. The summed E-state index contributed by atoms with van der Waals surface area (Å²) in [7, 11) is 0. The zero-order valence-electron chi connectivity index (χ0n) is 11.7. The molecule has 1 aliphatic heterocycles. The van der Waals surface area contributed by atoms with E-state index in [-0.39, 0.29) is 17.3 Å². The van der Waals surface area contributed by atoms with Crippen molar-refractivity contribution >= 4 is 17.3 Å². The van der Waals surface area contributed by atoms with Crippen LogP contribution in [0.1, 0.15) is 30.1 Å². The number of nitro benzene ring substituents is 1. The lowest BCUT2D eigenvalue weighted by molar-refractivity contribution is -0.384. The van der Waals surface area contributed by atoms with Crippen molar-refractivity contribution in [1.29, 1.82) is 0 Å². The summed E-state index contributed by atoms with van der Waals surface area (Å²) in [5, 5.41) is 13.7. The van der Waals surface area contributed by atoms with Gasteiger partial charge in [-0.15, -0.1) is 0 Å². The molecule has 0 aliphatic carbocycles. The summed E-state index contributed by atoms with van der Waals surface area (Å²) in [5.74, 6) is 4.95. The predicted octanol–water partition coefficient (Wildman–Crippen LogP) is 1.18. The molecule has 21 heavy (non-hydrogen) atoms. The van der Waals surface area contributed by atoms with E-state index in [1.807, 2.05) is 6.92 Å². The molecule has 1 aliphatic rings. The monoisotopic (exact) mass is 294 g/mol. The molecule has 1 aromatic carbocycles. The number of benzene rings is 1. The number of nitrogens with two attached hydrogens (primary N) is 1. The first kappa shape index (κ1) is 15.2. The van der Waals surface area contributed by atoms with Gasteiger partial charge in [-0.3, -0.25) is 20.8 Å². The maximum absolute atomic E-state index is 12.3. The Morgan fingerprint density at radius 1 is 1.52 bits per heavy atom. The Bertz CT molecular complexity index is 555. The Hall–Kier alpha value is -2.19. The first-order valence-corrected chi connectivity index (χ1v) is 6.60. The van der Waals surface area contributed by atoms with Gasteiger partial charge >= 0.3 is 0 Å². The molecule has 1 fully saturated rings. The van der Waals surface area contributed by atoms with Crippen LogP contribution in [0.2, 0.25) is 0 Å². The van der Waals surface area contributed by atoms with Crippen LogP contribution in [0.5, 0.6) is 0 Å². The van der Waals surface area contributed by atoms with Crippen molar-refractivity contribution in [3.8, 4) is 0 Å². The van der Waals surface area contributed by atoms with E-state index in [4.69, 9.17) is 10.6 Å². The van der Waals surface area contributed by atoms with E-state index in [0.29, 0.717) is 18.8 Å². The van der Waals surface area contributed by atoms with Gasteiger partial charge in [0.2, 0.25) is 0 Å². The van der Waals surface area contributed by atoms with E-state index in [2.05, 4.69) is 10.7 Å². The van der Waals surface area contributed by atoms with Gasteiger partial charge < -0.3 is 15.5 Å². The summed E-state index contributed by atoms with van der Waals surface area (Å²) in [6, 6.07) is 4.02. The van der Waals surface area contributed by atoms with E-state index in [1.54, 1.807) is 0 Å². The molecule has 0 bridgehead atoms. The van der Waals surface area contributed by atoms with Gasteiger partial charge in [-0.1, -0.05) is 0 Å². The van der Waals surface area contributed by atoms with Crippen LogP contribution in [0.3, 0.4) is 0 Å². The van der Waals surface area contributed by atoms with Gasteiger partial charge in [-0.2, -0.15) is 0 Å². The standard InChI is InChI=1S/C13H18N4O4/c1-13(5-2-6-21-8-13)15-12(18)9-3-4-11(17(19)20)10(7-9)16-14/h3-4,7,16H,2,5-6,8,14H2,1H3,(H,15,18). The van der Waals surface area contributed by atoms with Gasteiger partial charge in [0.25, 0.3) is 11.6 Å². The average molecular weight is 294 g/mol. The Labute approximate surface area is 121 Å². The van der Waals surface area contributed by atoms with Crippen molar-refractivity contribution in [3.05, 3.63) is 33.9 Å². The summed E-state index contributed by atoms with van der Waals surface area (Å²) in [6.45, 7) is 3.06. The third-order valence-corrected chi connectivity index (χ3v) is 3.46. The van der Waals surface area contributed by atoms with Crippen LogP contribution in [0.25, 0.3) is 0 Å². The quantitative estimate of drug-likeness (QED) is 0.436. The number of ether oxygens (including phenoxy) is 1. The van der Waals surface area contributed by atoms with Gasteiger partial charge in [-0.25, -0.2) is 0 Å². The van der Waals surface area contributed by atoms with Crippen LogP contribution < -0.4 is 16.6 Å². The molecular weight excluding hydrogens is 276 g/mol. The lowest BCUT2D eigenvalue weighted by atomic mass is 9.94. The summed E-state index contributed by atoms with van der Waals surface area (Å²) in [4.78, 5) is 22.5. The fourth-order valence-electron chi connectivity index (χ4n) is 2.33. The Balaban J connectivity index is 2.17. The number of nitrogens with zero attached hydrogens (tertiary/aromatic N) is 1. The number of anilines is 1. The molecule has 4 N–H and O–H groups in total. The summed E-state index contributed by atoms with van der Waals surface area (Å²) in [5.41, 5.74) is 2.04. The molecule has 0 radical (unpaired) electrons. The molecule has 1 atom stereocenters. The minimum Gasteiger partial charge on any atom is -0.379 e. The van der Waals surface area contributed by atoms with Crippen LogP contribution in [-0.4, -0.2) is 29.6 Å². The molecule has 1 amide bonds. The third kappa shape index (κ3) is 3.47. The number of nitro groups is 1. The van der Waals surface area contributed by atoms with E-state index < -0.39 is 10.5 Å². The lowest BCUT2D eigenvalue weighted by Crippen LogP contribution is -2.51. The fraction of sp³-hybridized carbons (Fsp3) is 0.462. The molecule has 0 spiro atoms. The van der Waals surface area contributed by atoms with Crippen molar-refractivity contribution in [2.24, 2.45) is 5.84 Å². The molecule has 8 nitrogen and oxygen atoms in total. The third-order valence-electron chi connectivity index (χ3n) is 3.46. The molecule has 1 aromatic rings. The lowest BCUT2D eigenvalue weighted by Gasteiger charge is -2.34. The second-order valence-corrected chi connectivity index (χ2v) is 5.30. The highest BCUT2D eigenvalue weighted by Gasteiger charge is 2.30. The Kier molecular flexibility index (Phi) is 4.39. The Morgan fingerprint density at radius 3 is 2.86 bits per heavy atom. The summed E-state index contributed by atoms with van der Waals surface area (Å²) >= 11 is 0. The van der Waals surface area contributed by atoms with Crippen LogP contribution in [-0.2, 0) is 4.74 Å². The first-order valence-electron chi connectivity index (χ1n) is 6.60. The number of carbonyl (C=O) groups excluding carboxylic acids is 1. The topological polar surface area (TPSA) is 120 Å². The fourth-order valence-corrected chi connectivity index (χ4v) is 2.33. The number of hydrogen-bond acceptors (Lipinski definition) is 6. The number of carbonyl (C=O) groups is 1. The maximum Gasteiger partial charge on any atom is 0.293 e. The van der Waals surface area contributed by atoms with Crippen molar-refractivity contribution in [1.82, 2.24) is 5.32 Å². The number of nitrogen functional groups attached to an aromatic ring is 1.